The van der Waals surface area contributed by atoms with Gasteiger partial charge in [0.25, 0.3) is 0 Å². The van der Waals surface area contributed by atoms with E-state index in [0.717, 1.165) is 0 Å². The van der Waals surface area contributed by atoms with E-state index in [1.165, 1.54) is 0 Å². The third kappa shape index (κ3) is 6.09. The van der Waals surface area contributed by atoms with Gasteiger partial charge in [-0.15, -0.1) is 0 Å². The van der Waals surface area contributed by atoms with Gasteiger partial charge < -0.3 is 15.8 Å². The summed E-state index contributed by atoms with van der Waals surface area (Å²) < 4.78 is 5.10. The van der Waals surface area contributed by atoms with Crippen molar-refractivity contribution >= 4 is 29.3 Å². The SMILES string of the molecule is CC(C)(C)OC(=O)NCC(N)c1cc(Cl)nc(Cl)c1. The van der Waals surface area contributed by atoms with Gasteiger partial charge in [0.2, 0.25) is 0 Å². The molecule has 0 saturated heterocycles. The first-order valence-corrected chi connectivity index (χ1v) is 6.48. The molecule has 7 heteroatoms. The van der Waals surface area contributed by atoms with E-state index in [2.05, 4.69) is 10.3 Å². The number of alkyl carbamates (subject to hydrolysis) is 1. The lowest BCUT2D eigenvalue weighted by atomic mass is 10.1. The zero-order valence-corrected chi connectivity index (χ0v) is 12.5. The number of rotatable bonds is 3. The number of amides is 1. The van der Waals surface area contributed by atoms with Gasteiger partial charge in [0.15, 0.2) is 0 Å². The van der Waals surface area contributed by atoms with Gasteiger partial charge >= 0.3 is 6.09 Å². The number of nitrogens with two attached hydrogens (primary N) is 1. The van der Waals surface area contributed by atoms with Crippen LogP contribution in [0.15, 0.2) is 12.1 Å². The minimum atomic E-state index is -0.544. The van der Waals surface area contributed by atoms with Gasteiger partial charge in [-0.2, -0.15) is 0 Å². The Morgan fingerprint density at radius 1 is 1.42 bits per heavy atom. The molecule has 1 aromatic heterocycles. The number of hydrogen-bond acceptors (Lipinski definition) is 4. The lowest BCUT2D eigenvalue weighted by Gasteiger charge is -2.21. The monoisotopic (exact) mass is 305 g/mol. The van der Waals surface area contributed by atoms with Crippen LogP contribution in [0.4, 0.5) is 4.79 Å². The largest absolute Gasteiger partial charge is 0.444 e. The van der Waals surface area contributed by atoms with Crippen molar-refractivity contribution in [3.63, 3.8) is 0 Å². The molecule has 0 bridgehead atoms. The number of carbonyl (C=O) groups is 1. The van der Waals surface area contributed by atoms with Gasteiger partial charge in [0, 0.05) is 12.6 Å². The number of halogens is 2. The maximum Gasteiger partial charge on any atom is 0.407 e. The van der Waals surface area contributed by atoms with Crippen LogP contribution >= 0.6 is 23.2 Å². The van der Waals surface area contributed by atoms with Crippen molar-refractivity contribution in [2.45, 2.75) is 32.4 Å². The molecule has 0 spiro atoms. The van der Waals surface area contributed by atoms with Crippen molar-refractivity contribution in [1.29, 1.82) is 0 Å². The molecular formula is C12H17Cl2N3O2. The van der Waals surface area contributed by atoms with Gasteiger partial charge in [-0.05, 0) is 38.5 Å². The summed E-state index contributed by atoms with van der Waals surface area (Å²) in [6.45, 7) is 5.57. The van der Waals surface area contributed by atoms with Crippen molar-refractivity contribution in [2.24, 2.45) is 5.73 Å². The smallest absolute Gasteiger partial charge is 0.407 e. The molecule has 0 aromatic carbocycles. The summed E-state index contributed by atoms with van der Waals surface area (Å²) in [4.78, 5) is 15.3. The van der Waals surface area contributed by atoms with E-state index in [4.69, 9.17) is 33.7 Å². The van der Waals surface area contributed by atoms with Gasteiger partial charge in [-0.25, -0.2) is 9.78 Å². The van der Waals surface area contributed by atoms with Crippen molar-refractivity contribution < 1.29 is 9.53 Å². The molecule has 106 valence electrons. The maximum atomic E-state index is 11.5. The minimum Gasteiger partial charge on any atom is -0.444 e. The van der Waals surface area contributed by atoms with Crippen LogP contribution in [0, 0.1) is 0 Å². The number of nitrogens with zero attached hydrogens (tertiary/aromatic N) is 1. The summed E-state index contributed by atoms with van der Waals surface area (Å²) in [5.74, 6) is 0. The fourth-order valence-corrected chi connectivity index (χ4v) is 1.80. The molecule has 0 fully saturated rings. The van der Waals surface area contributed by atoms with Crippen LogP contribution in [-0.4, -0.2) is 23.2 Å². The van der Waals surface area contributed by atoms with E-state index in [1.807, 2.05) is 0 Å². The minimum absolute atomic E-state index is 0.214. The van der Waals surface area contributed by atoms with E-state index in [9.17, 15) is 4.79 Å². The Balaban J connectivity index is 2.56. The summed E-state index contributed by atoms with van der Waals surface area (Å²) in [6.07, 6.45) is -0.519. The van der Waals surface area contributed by atoms with Crippen molar-refractivity contribution in [3.8, 4) is 0 Å². The highest BCUT2D eigenvalue weighted by atomic mass is 35.5. The van der Waals surface area contributed by atoms with Crippen molar-refractivity contribution in [3.05, 3.63) is 28.0 Å². The molecule has 0 aliphatic carbocycles. The highest BCUT2D eigenvalue weighted by molar-refractivity contribution is 6.32. The number of carbonyl (C=O) groups excluding carboxylic acids is 1. The van der Waals surface area contributed by atoms with Gasteiger partial charge in [0.05, 0.1) is 0 Å². The maximum absolute atomic E-state index is 11.5. The lowest BCUT2D eigenvalue weighted by molar-refractivity contribution is 0.0524. The quantitative estimate of drug-likeness (QED) is 0.842. The number of pyridine rings is 1. The first kappa shape index (κ1) is 16.0. The zero-order valence-electron chi connectivity index (χ0n) is 11.0. The van der Waals surface area contributed by atoms with Gasteiger partial charge in [-0.3, -0.25) is 0 Å². The third-order valence-corrected chi connectivity index (χ3v) is 2.47. The van der Waals surface area contributed by atoms with Crippen LogP contribution in [0.2, 0.25) is 10.3 Å². The zero-order chi connectivity index (χ0) is 14.6. The molecule has 1 atom stereocenters. The Labute approximate surface area is 122 Å². The summed E-state index contributed by atoms with van der Waals surface area (Å²) in [7, 11) is 0. The average Bonchev–Trinajstić information content (AvgIpc) is 2.22. The summed E-state index contributed by atoms with van der Waals surface area (Å²) in [5, 5.41) is 3.10. The molecule has 1 heterocycles. The summed E-state index contributed by atoms with van der Waals surface area (Å²) in [5.41, 5.74) is 6.08. The molecule has 1 rings (SSSR count). The molecular weight excluding hydrogens is 289 g/mol. The Morgan fingerprint density at radius 3 is 2.42 bits per heavy atom. The Kier molecular flexibility index (Phi) is 5.40. The topological polar surface area (TPSA) is 77.2 Å². The van der Waals surface area contributed by atoms with E-state index >= 15 is 0 Å². The molecule has 0 aliphatic rings. The molecule has 1 aromatic rings. The highest BCUT2D eigenvalue weighted by Gasteiger charge is 2.17. The molecule has 1 amide bonds. The molecule has 5 nitrogen and oxygen atoms in total. The normalized spacial score (nSPS) is 12.9. The van der Waals surface area contributed by atoms with E-state index in [0.29, 0.717) is 5.56 Å². The average molecular weight is 306 g/mol. The Morgan fingerprint density at radius 2 is 1.95 bits per heavy atom. The molecule has 0 radical (unpaired) electrons. The predicted molar refractivity (Wildman–Crippen MR) is 75.4 cm³/mol. The summed E-state index contributed by atoms with van der Waals surface area (Å²) in [6, 6.07) is 2.77. The van der Waals surface area contributed by atoms with Crippen LogP contribution in [0.3, 0.4) is 0 Å². The fraction of sp³-hybridized carbons (Fsp3) is 0.500. The molecule has 0 saturated carbocycles. The van der Waals surface area contributed by atoms with Crippen molar-refractivity contribution in [1.82, 2.24) is 10.3 Å². The highest BCUT2D eigenvalue weighted by Crippen LogP contribution is 2.18. The number of nitrogens with one attached hydrogen (secondary N) is 1. The van der Waals surface area contributed by atoms with Crippen molar-refractivity contribution in [2.75, 3.05) is 6.54 Å². The standard InChI is InChI=1S/C12H17Cl2N3O2/c1-12(2,3)19-11(18)16-6-8(15)7-4-9(13)17-10(14)5-7/h4-5,8H,6,15H2,1-3H3,(H,16,18). The first-order chi connectivity index (χ1) is 8.67. The van der Waals surface area contributed by atoms with E-state index < -0.39 is 17.7 Å². The lowest BCUT2D eigenvalue weighted by Crippen LogP contribution is -2.36. The molecule has 0 aliphatic heterocycles. The molecule has 1 unspecified atom stereocenters. The van der Waals surface area contributed by atoms with Crippen LogP contribution in [-0.2, 0) is 4.74 Å². The van der Waals surface area contributed by atoms with Crippen LogP contribution in [0.25, 0.3) is 0 Å². The number of aromatic nitrogens is 1. The molecule has 19 heavy (non-hydrogen) atoms. The Hall–Kier alpha value is -1.04. The molecule has 3 N–H and O–H groups in total. The second kappa shape index (κ2) is 6.41. The second-order valence-corrected chi connectivity index (χ2v) is 5.81. The Bertz CT molecular complexity index is 441. The number of hydrogen-bond donors (Lipinski definition) is 2. The van der Waals surface area contributed by atoms with E-state index in [-0.39, 0.29) is 16.9 Å². The van der Waals surface area contributed by atoms with Crippen LogP contribution in [0.1, 0.15) is 32.4 Å². The fourth-order valence-electron chi connectivity index (χ4n) is 1.32. The third-order valence-electron chi connectivity index (χ3n) is 2.08. The van der Waals surface area contributed by atoms with Crippen LogP contribution < -0.4 is 11.1 Å². The second-order valence-electron chi connectivity index (χ2n) is 5.04. The van der Waals surface area contributed by atoms with Gasteiger partial charge in [0.1, 0.15) is 15.9 Å². The summed E-state index contributed by atoms with van der Waals surface area (Å²) >= 11 is 11.6. The first-order valence-electron chi connectivity index (χ1n) is 5.73. The van der Waals surface area contributed by atoms with Crippen LogP contribution in [0.5, 0.6) is 0 Å². The number of ether oxygens (including phenoxy) is 1. The van der Waals surface area contributed by atoms with E-state index in [1.54, 1.807) is 32.9 Å². The van der Waals surface area contributed by atoms with Gasteiger partial charge in [-0.1, -0.05) is 23.2 Å². The predicted octanol–water partition coefficient (Wildman–Crippen LogP) is 2.91.